The third-order valence-corrected chi connectivity index (χ3v) is 6.30. The van der Waals surface area contributed by atoms with E-state index in [9.17, 15) is 4.79 Å². The maximum absolute atomic E-state index is 12.9. The summed E-state index contributed by atoms with van der Waals surface area (Å²) in [6.07, 6.45) is 1.97. The number of thiophene rings is 1. The number of anilines is 2. The number of hydrogen-bond donors (Lipinski definition) is 1. The second-order valence-corrected chi connectivity index (χ2v) is 8.66. The average Bonchev–Trinajstić information content (AvgIpc) is 3.11. The Morgan fingerprint density at radius 2 is 1.87 bits per heavy atom. The van der Waals surface area contributed by atoms with Crippen LogP contribution in [0.2, 0.25) is 0 Å². The van der Waals surface area contributed by atoms with E-state index < -0.39 is 0 Å². The second-order valence-electron chi connectivity index (χ2n) is 7.46. The predicted octanol–water partition coefficient (Wildman–Crippen LogP) is 5.83. The molecule has 0 saturated carbocycles. The summed E-state index contributed by atoms with van der Waals surface area (Å²) >= 11 is 1.67. The van der Waals surface area contributed by atoms with E-state index in [1.165, 1.54) is 4.88 Å². The number of rotatable bonds is 7. The molecule has 0 bridgehead atoms. The Balaban J connectivity index is 1.54. The van der Waals surface area contributed by atoms with Crippen molar-refractivity contribution in [1.82, 2.24) is 9.97 Å². The molecule has 1 N–H and O–H groups in total. The summed E-state index contributed by atoms with van der Waals surface area (Å²) in [5, 5.41) is 4.41. The van der Waals surface area contributed by atoms with Crippen molar-refractivity contribution in [2.75, 3.05) is 23.3 Å². The highest BCUT2D eigenvalue weighted by Crippen LogP contribution is 2.40. The second kappa shape index (κ2) is 9.27. The van der Waals surface area contributed by atoms with Gasteiger partial charge in [-0.3, -0.25) is 4.79 Å². The van der Waals surface area contributed by atoms with Crippen molar-refractivity contribution >= 4 is 39.0 Å². The van der Waals surface area contributed by atoms with Gasteiger partial charge >= 0.3 is 0 Å². The van der Waals surface area contributed by atoms with E-state index in [1.54, 1.807) is 17.7 Å². The molecule has 2 aromatic heterocycles. The van der Waals surface area contributed by atoms with E-state index in [0.29, 0.717) is 19.5 Å². The third kappa shape index (κ3) is 4.44. The van der Waals surface area contributed by atoms with Gasteiger partial charge in [0.2, 0.25) is 5.91 Å². The van der Waals surface area contributed by atoms with Crippen molar-refractivity contribution in [1.29, 1.82) is 0 Å². The third-order valence-electron chi connectivity index (χ3n) is 5.29. The zero-order chi connectivity index (χ0) is 21.8. The molecule has 0 radical (unpaired) electrons. The summed E-state index contributed by atoms with van der Waals surface area (Å²) in [5.74, 6) is 0.871. The maximum atomic E-state index is 12.9. The fraction of sp³-hybridized carbons (Fsp3) is 0.240. The van der Waals surface area contributed by atoms with E-state index in [0.717, 1.165) is 38.4 Å². The van der Waals surface area contributed by atoms with Gasteiger partial charge in [0.1, 0.15) is 17.0 Å². The zero-order valence-corrected chi connectivity index (χ0v) is 18.9. The lowest BCUT2D eigenvalue weighted by Crippen LogP contribution is -2.32. The minimum absolute atomic E-state index is 0.0932. The molecule has 0 aliphatic rings. The lowest BCUT2D eigenvalue weighted by Gasteiger charge is -2.21. The lowest BCUT2D eigenvalue weighted by molar-refractivity contribution is -0.118. The SMILES string of the molecule is CCN(C(=O)CCNc1ncnc2sc(C)c(-c3ccccc3)c12)c1cccc(C)c1. The molecule has 0 fully saturated rings. The summed E-state index contributed by atoms with van der Waals surface area (Å²) in [4.78, 5) is 25.8. The van der Waals surface area contributed by atoms with Crippen molar-refractivity contribution < 1.29 is 4.79 Å². The fourth-order valence-electron chi connectivity index (χ4n) is 3.85. The minimum atomic E-state index is 0.0932. The van der Waals surface area contributed by atoms with Crippen molar-refractivity contribution in [2.24, 2.45) is 0 Å². The number of carbonyl (C=O) groups excluding carboxylic acids is 1. The number of carbonyl (C=O) groups is 1. The van der Waals surface area contributed by atoms with Crippen LogP contribution in [0.4, 0.5) is 11.5 Å². The smallest absolute Gasteiger partial charge is 0.228 e. The maximum Gasteiger partial charge on any atom is 0.228 e. The van der Waals surface area contributed by atoms with E-state index in [1.807, 2.05) is 61.2 Å². The van der Waals surface area contributed by atoms with Gasteiger partial charge in [0.05, 0.1) is 5.39 Å². The first-order valence-corrected chi connectivity index (χ1v) is 11.3. The van der Waals surface area contributed by atoms with E-state index in [4.69, 9.17) is 0 Å². The van der Waals surface area contributed by atoms with Crippen LogP contribution in [0.1, 0.15) is 23.8 Å². The first kappa shape index (κ1) is 21.0. The predicted molar refractivity (Wildman–Crippen MR) is 130 cm³/mol. The highest BCUT2D eigenvalue weighted by molar-refractivity contribution is 7.19. The Bertz CT molecular complexity index is 1200. The summed E-state index contributed by atoms with van der Waals surface area (Å²) in [6, 6.07) is 18.4. The van der Waals surface area contributed by atoms with Crippen molar-refractivity contribution in [3.05, 3.63) is 71.4 Å². The van der Waals surface area contributed by atoms with E-state index in [2.05, 4.69) is 34.3 Å². The van der Waals surface area contributed by atoms with Crippen molar-refractivity contribution in [2.45, 2.75) is 27.2 Å². The summed E-state index contributed by atoms with van der Waals surface area (Å²) in [5.41, 5.74) is 4.39. The molecular weight excluding hydrogens is 404 g/mol. The highest BCUT2D eigenvalue weighted by Gasteiger charge is 2.18. The molecule has 2 aromatic carbocycles. The lowest BCUT2D eigenvalue weighted by atomic mass is 10.0. The van der Waals surface area contributed by atoms with Gasteiger partial charge in [-0.25, -0.2) is 9.97 Å². The quantitative estimate of drug-likeness (QED) is 0.401. The fourth-order valence-corrected chi connectivity index (χ4v) is 4.86. The molecule has 0 unspecified atom stereocenters. The monoisotopic (exact) mass is 430 g/mol. The van der Waals surface area contributed by atoms with Gasteiger partial charge in [-0.1, -0.05) is 42.5 Å². The molecule has 0 aliphatic carbocycles. The molecule has 0 aliphatic heterocycles. The van der Waals surface area contributed by atoms with Gasteiger partial charge in [0.15, 0.2) is 0 Å². The standard InChI is InChI=1S/C25H26N4OS/c1-4-29(20-12-8-9-17(2)15-20)21(30)13-14-26-24-23-22(19-10-6-5-7-11-19)18(3)31-25(23)28-16-27-24/h5-12,15-16H,4,13-14H2,1-3H3,(H,26,27,28). The number of hydrogen-bond acceptors (Lipinski definition) is 5. The summed E-state index contributed by atoms with van der Waals surface area (Å²) < 4.78 is 0. The van der Waals surface area contributed by atoms with Crippen LogP contribution in [0.25, 0.3) is 21.3 Å². The van der Waals surface area contributed by atoms with Crippen LogP contribution >= 0.6 is 11.3 Å². The summed E-state index contributed by atoms with van der Waals surface area (Å²) in [7, 11) is 0. The van der Waals surface area contributed by atoms with Crippen LogP contribution in [-0.2, 0) is 4.79 Å². The molecule has 4 rings (SSSR count). The first-order valence-electron chi connectivity index (χ1n) is 10.5. The number of nitrogens with one attached hydrogen (secondary N) is 1. The Kier molecular flexibility index (Phi) is 6.28. The molecule has 6 heteroatoms. The summed E-state index contributed by atoms with van der Waals surface area (Å²) in [6.45, 7) is 7.31. The zero-order valence-electron chi connectivity index (χ0n) is 18.1. The van der Waals surface area contributed by atoms with E-state index >= 15 is 0 Å². The number of aromatic nitrogens is 2. The Labute approximate surface area is 186 Å². The molecule has 0 saturated heterocycles. The molecule has 2 heterocycles. The van der Waals surface area contributed by atoms with Crippen LogP contribution in [0.5, 0.6) is 0 Å². The molecule has 158 valence electrons. The normalized spacial score (nSPS) is 10.9. The Hall–Kier alpha value is -3.25. The first-order chi connectivity index (χ1) is 15.1. The van der Waals surface area contributed by atoms with Crippen LogP contribution in [0.3, 0.4) is 0 Å². The minimum Gasteiger partial charge on any atom is -0.369 e. The highest BCUT2D eigenvalue weighted by atomic mass is 32.1. The molecule has 5 nitrogen and oxygen atoms in total. The number of benzene rings is 2. The number of nitrogens with zero attached hydrogens (tertiary/aromatic N) is 3. The number of fused-ring (bicyclic) bond motifs is 1. The van der Waals surface area contributed by atoms with Crippen LogP contribution in [0.15, 0.2) is 60.9 Å². The Morgan fingerprint density at radius 1 is 1.06 bits per heavy atom. The molecule has 31 heavy (non-hydrogen) atoms. The molecule has 0 atom stereocenters. The topological polar surface area (TPSA) is 58.1 Å². The molecule has 1 amide bonds. The van der Waals surface area contributed by atoms with Gasteiger partial charge in [0, 0.05) is 35.6 Å². The van der Waals surface area contributed by atoms with Crippen molar-refractivity contribution in [3.63, 3.8) is 0 Å². The van der Waals surface area contributed by atoms with Gasteiger partial charge < -0.3 is 10.2 Å². The number of amides is 1. The Morgan fingerprint density at radius 3 is 2.61 bits per heavy atom. The van der Waals surface area contributed by atoms with Crippen molar-refractivity contribution in [3.8, 4) is 11.1 Å². The largest absolute Gasteiger partial charge is 0.369 e. The van der Waals surface area contributed by atoms with Crippen LogP contribution in [0, 0.1) is 13.8 Å². The number of aryl methyl sites for hydroxylation is 2. The van der Waals surface area contributed by atoms with Gasteiger partial charge in [-0.15, -0.1) is 11.3 Å². The molecular formula is C25H26N4OS. The van der Waals surface area contributed by atoms with Crippen LogP contribution < -0.4 is 10.2 Å². The molecule has 4 aromatic rings. The van der Waals surface area contributed by atoms with Gasteiger partial charge in [0.25, 0.3) is 0 Å². The van der Waals surface area contributed by atoms with Gasteiger partial charge in [-0.2, -0.15) is 0 Å². The van der Waals surface area contributed by atoms with Gasteiger partial charge in [-0.05, 0) is 44.0 Å². The van der Waals surface area contributed by atoms with E-state index in [-0.39, 0.29) is 5.91 Å². The average molecular weight is 431 g/mol. The molecule has 0 spiro atoms. The van der Waals surface area contributed by atoms with Crippen LogP contribution in [-0.4, -0.2) is 29.0 Å².